The SMILES string of the molecule is COc1ccccc1NCC(=O)N1CCC(C)CC1CN.Cl.Cl. The van der Waals surface area contributed by atoms with Gasteiger partial charge in [0.1, 0.15) is 5.75 Å². The van der Waals surface area contributed by atoms with Crippen molar-refractivity contribution in [3.63, 3.8) is 0 Å². The molecule has 1 amide bonds. The third-order valence-electron chi connectivity index (χ3n) is 4.11. The van der Waals surface area contributed by atoms with E-state index in [1.807, 2.05) is 29.2 Å². The Kier molecular flexibility index (Phi) is 10.0. The van der Waals surface area contributed by atoms with E-state index in [-0.39, 0.29) is 43.3 Å². The molecular weight excluding hydrogens is 337 g/mol. The second-order valence-electron chi connectivity index (χ2n) is 5.66. The van der Waals surface area contributed by atoms with E-state index in [1.165, 1.54) is 0 Å². The number of piperidine rings is 1. The number of rotatable bonds is 5. The normalized spacial score (nSPS) is 20.0. The van der Waals surface area contributed by atoms with Crippen molar-refractivity contribution in [2.75, 3.05) is 32.1 Å². The molecule has 1 aliphatic rings. The number of benzene rings is 1. The fourth-order valence-electron chi connectivity index (χ4n) is 2.87. The molecule has 0 bridgehead atoms. The van der Waals surface area contributed by atoms with Crippen LogP contribution in [-0.2, 0) is 4.79 Å². The lowest BCUT2D eigenvalue weighted by atomic mass is 9.92. The van der Waals surface area contributed by atoms with E-state index in [0.29, 0.717) is 12.5 Å². The van der Waals surface area contributed by atoms with Crippen LogP contribution in [0.1, 0.15) is 19.8 Å². The fraction of sp³-hybridized carbons (Fsp3) is 0.562. The van der Waals surface area contributed by atoms with Gasteiger partial charge in [-0.2, -0.15) is 0 Å². The Hall–Kier alpha value is -1.17. The van der Waals surface area contributed by atoms with E-state index in [0.717, 1.165) is 30.8 Å². The molecule has 1 aromatic carbocycles. The summed E-state index contributed by atoms with van der Waals surface area (Å²) >= 11 is 0. The van der Waals surface area contributed by atoms with Crippen molar-refractivity contribution < 1.29 is 9.53 Å². The van der Waals surface area contributed by atoms with Crippen molar-refractivity contribution in [3.05, 3.63) is 24.3 Å². The predicted octanol–water partition coefficient (Wildman–Crippen LogP) is 2.54. The van der Waals surface area contributed by atoms with Crippen molar-refractivity contribution >= 4 is 36.4 Å². The summed E-state index contributed by atoms with van der Waals surface area (Å²) in [6, 6.07) is 7.77. The lowest BCUT2D eigenvalue weighted by Crippen LogP contribution is -2.50. The Balaban J connectivity index is 0.00000242. The van der Waals surface area contributed by atoms with Crippen molar-refractivity contribution in [1.82, 2.24) is 4.90 Å². The van der Waals surface area contributed by atoms with Gasteiger partial charge in [0.15, 0.2) is 0 Å². The van der Waals surface area contributed by atoms with Crippen LogP contribution in [0.4, 0.5) is 5.69 Å². The van der Waals surface area contributed by atoms with E-state index in [2.05, 4.69) is 12.2 Å². The summed E-state index contributed by atoms with van der Waals surface area (Å²) < 4.78 is 5.27. The molecule has 0 radical (unpaired) electrons. The zero-order valence-electron chi connectivity index (χ0n) is 13.7. The van der Waals surface area contributed by atoms with Crippen LogP contribution in [0.2, 0.25) is 0 Å². The maximum atomic E-state index is 12.4. The third kappa shape index (κ3) is 5.75. The first-order chi connectivity index (χ1) is 10.2. The molecule has 0 spiro atoms. The van der Waals surface area contributed by atoms with Crippen LogP contribution in [0.25, 0.3) is 0 Å². The minimum absolute atomic E-state index is 0. The Morgan fingerprint density at radius 2 is 2.09 bits per heavy atom. The lowest BCUT2D eigenvalue weighted by molar-refractivity contribution is -0.133. The molecule has 2 atom stereocenters. The van der Waals surface area contributed by atoms with Gasteiger partial charge in [-0.05, 0) is 30.9 Å². The molecule has 2 unspecified atom stereocenters. The molecule has 0 saturated carbocycles. The van der Waals surface area contributed by atoms with Crippen LogP contribution in [0, 0.1) is 5.92 Å². The molecule has 0 aromatic heterocycles. The fourth-order valence-corrected chi connectivity index (χ4v) is 2.87. The van der Waals surface area contributed by atoms with Gasteiger partial charge in [0.25, 0.3) is 0 Å². The van der Waals surface area contributed by atoms with Crippen LogP contribution in [-0.4, -0.2) is 43.6 Å². The molecular formula is C16H27Cl2N3O2. The summed E-state index contributed by atoms with van der Waals surface area (Å²) in [5, 5.41) is 3.16. The number of hydrogen-bond acceptors (Lipinski definition) is 4. The summed E-state index contributed by atoms with van der Waals surface area (Å²) in [7, 11) is 1.62. The van der Waals surface area contributed by atoms with Crippen LogP contribution >= 0.6 is 24.8 Å². The molecule has 1 heterocycles. The largest absolute Gasteiger partial charge is 0.495 e. The average molecular weight is 364 g/mol. The number of nitrogens with one attached hydrogen (secondary N) is 1. The monoisotopic (exact) mass is 363 g/mol. The summed E-state index contributed by atoms with van der Waals surface area (Å²) in [4.78, 5) is 14.3. The van der Waals surface area contributed by atoms with E-state index in [9.17, 15) is 4.79 Å². The molecule has 1 aliphatic heterocycles. The summed E-state index contributed by atoms with van der Waals surface area (Å²) in [6.07, 6.45) is 2.05. The smallest absolute Gasteiger partial charge is 0.242 e. The quantitative estimate of drug-likeness (QED) is 0.843. The van der Waals surface area contributed by atoms with Crippen molar-refractivity contribution in [2.45, 2.75) is 25.8 Å². The number of carbonyl (C=O) groups is 1. The molecule has 1 saturated heterocycles. The Morgan fingerprint density at radius 1 is 1.39 bits per heavy atom. The summed E-state index contributed by atoms with van der Waals surface area (Å²) in [5.74, 6) is 1.49. The number of methoxy groups -OCH3 is 1. The number of carbonyl (C=O) groups excluding carboxylic acids is 1. The average Bonchev–Trinajstić information content (AvgIpc) is 2.52. The predicted molar refractivity (Wildman–Crippen MR) is 98.9 cm³/mol. The minimum atomic E-state index is 0. The second-order valence-corrected chi connectivity index (χ2v) is 5.66. The Morgan fingerprint density at radius 3 is 2.74 bits per heavy atom. The van der Waals surface area contributed by atoms with Gasteiger partial charge in [0, 0.05) is 19.1 Å². The van der Waals surface area contributed by atoms with Gasteiger partial charge >= 0.3 is 0 Å². The Labute approximate surface area is 150 Å². The molecule has 3 N–H and O–H groups in total. The number of ether oxygens (including phenoxy) is 1. The van der Waals surface area contributed by atoms with Gasteiger partial charge in [-0.3, -0.25) is 4.79 Å². The van der Waals surface area contributed by atoms with Crippen LogP contribution < -0.4 is 15.8 Å². The van der Waals surface area contributed by atoms with E-state index >= 15 is 0 Å². The topological polar surface area (TPSA) is 67.6 Å². The molecule has 5 nitrogen and oxygen atoms in total. The van der Waals surface area contributed by atoms with Gasteiger partial charge in [0.2, 0.25) is 5.91 Å². The van der Waals surface area contributed by atoms with Gasteiger partial charge in [-0.25, -0.2) is 0 Å². The highest BCUT2D eigenvalue weighted by Crippen LogP contribution is 2.24. The molecule has 1 fully saturated rings. The van der Waals surface area contributed by atoms with E-state index < -0.39 is 0 Å². The minimum Gasteiger partial charge on any atom is -0.495 e. The number of hydrogen-bond donors (Lipinski definition) is 2. The molecule has 132 valence electrons. The van der Waals surface area contributed by atoms with Crippen LogP contribution in [0.15, 0.2) is 24.3 Å². The van der Waals surface area contributed by atoms with Gasteiger partial charge in [0.05, 0.1) is 19.3 Å². The van der Waals surface area contributed by atoms with Gasteiger partial charge < -0.3 is 20.7 Å². The number of amides is 1. The van der Waals surface area contributed by atoms with Crippen molar-refractivity contribution in [1.29, 1.82) is 0 Å². The van der Waals surface area contributed by atoms with E-state index in [1.54, 1.807) is 7.11 Å². The van der Waals surface area contributed by atoms with Gasteiger partial charge in [-0.15, -0.1) is 24.8 Å². The number of likely N-dealkylation sites (tertiary alicyclic amines) is 1. The second kappa shape index (κ2) is 10.6. The Bertz CT molecular complexity index is 488. The highest BCUT2D eigenvalue weighted by atomic mass is 35.5. The van der Waals surface area contributed by atoms with Crippen molar-refractivity contribution in [2.24, 2.45) is 11.7 Å². The number of nitrogens with two attached hydrogens (primary N) is 1. The maximum absolute atomic E-state index is 12.4. The van der Waals surface area contributed by atoms with Crippen LogP contribution in [0.5, 0.6) is 5.75 Å². The number of halogens is 2. The van der Waals surface area contributed by atoms with Crippen LogP contribution in [0.3, 0.4) is 0 Å². The highest BCUT2D eigenvalue weighted by Gasteiger charge is 2.28. The molecule has 7 heteroatoms. The van der Waals surface area contributed by atoms with E-state index in [4.69, 9.17) is 10.5 Å². The molecule has 0 aliphatic carbocycles. The summed E-state index contributed by atoms with van der Waals surface area (Å²) in [5.41, 5.74) is 6.65. The number of para-hydroxylation sites is 2. The first-order valence-corrected chi connectivity index (χ1v) is 7.52. The third-order valence-corrected chi connectivity index (χ3v) is 4.11. The first-order valence-electron chi connectivity index (χ1n) is 7.52. The maximum Gasteiger partial charge on any atom is 0.242 e. The first kappa shape index (κ1) is 21.8. The van der Waals surface area contributed by atoms with Gasteiger partial charge in [-0.1, -0.05) is 19.1 Å². The lowest BCUT2D eigenvalue weighted by Gasteiger charge is -2.38. The zero-order valence-corrected chi connectivity index (χ0v) is 15.3. The number of nitrogens with zero attached hydrogens (tertiary/aromatic N) is 1. The molecule has 1 aromatic rings. The highest BCUT2D eigenvalue weighted by molar-refractivity contribution is 5.85. The number of anilines is 1. The van der Waals surface area contributed by atoms with Crippen molar-refractivity contribution in [3.8, 4) is 5.75 Å². The standard InChI is InChI=1S/C16H25N3O2.2ClH/c1-12-7-8-19(13(9-12)10-17)16(20)11-18-14-5-3-4-6-15(14)21-2;;/h3-6,12-13,18H,7-11,17H2,1-2H3;2*1H. The zero-order chi connectivity index (χ0) is 15.2. The summed E-state index contributed by atoms with van der Waals surface area (Å²) in [6.45, 7) is 3.82. The molecule has 23 heavy (non-hydrogen) atoms. The molecule has 2 rings (SSSR count).